The Kier molecular flexibility index (Phi) is 24.7. The van der Waals surface area contributed by atoms with Gasteiger partial charge in [-0.25, -0.2) is 9.59 Å². The number of aliphatic hydroxyl groups excluding tert-OH is 1. The predicted octanol–water partition coefficient (Wildman–Crippen LogP) is 7.81. The molecule has 3 aliphatic heterocycles. The number of cyclic esters (lactones) is 1. The molecule has 2 amide bonds. The van der Waals surface area contributed by atoms with Crippen molar-refractivity contribution in [3.63, 3.8) is 0 Å². The fourth-order valence-electron chi connectivity index (χ4n) is 11.4. The van der Waals surface area contributed by atoms with Gasteiger partial charge in [0.05, 0.1) is 24.0 Å². The standard InChI is InChI=1S/C59H88N4O14/c1-36-18-12-11-13-19-37(2)49(72-8)34-45-24-22-42(7)59(70,77-45)55(66)56(67)63-29-17-15-21-47(63)57(68)75-50(35-46(62-71)38(3)31-41(6)53(65)54(74-10)52(64)40(5)30-36)39(4)32-43-23-25-48(51(33-43)73-9)76-58(69)61-28-26-44-20-14-16-27-60-44/h11-14,16,18-20,27,31,36,38-40,42-43,45,47-51,53-54,65,70-71H,15,17,21-26,28-30,32-35H2,1-10H3,(H,61,69)/b13-11+,18-12-,37-19+,41-31+,62-46?/t36-,38-,39-,40-,42-,43+,45+,47+,48-,49+,50+,51-,53-,54+,59-/m1/s1. The van der Waals surface area contributed by atoms with Gasteiger partial charge in [-0.2, -0.15) is 0 Å². The van der Waals surface area contributed by atoms with Crippen LogP contribution in [0.25, 0.3) is 0 Å². The average molecular weight is 1080 g/mol. The van der Waals surface area contributed by atoms with E-state index in [9.17, 15) is 39.4 Å². The van der Waals surface area contributed by atoms with Crippen molar-refractivity contribution in [3.8, 4) is 0 Å². The molecule has 4 aliphatic rings. The zero-order valence-electron chi connectivity index (χ0n) is 47.1. The number of alkyl carbamates (subject to hydrolysis) is 1. The van der Waals surface area contributed by atoms with Gasteiger partial charge in [-0.1, -0.05) is 82.3 Å². The summed E-state index contributed by atoms with van der Waals surface area (Å²) in [4.78, 5) is 75.8. The highest BCUT2D eigenvalue weighted by Gasteiger charge is 2.53. The molecule has 4 N–H and O–H groups in total. The first kappa shape index (κ1) is 62.7. The highest BCUT2D eigenvalue weighted by Crippen LogP contribution is 2.38. The van der Waals surface area contributed by atoms with Crippen LogP contribution in [0.3, 0.4) is 0 Å². The van der Waals surface area contributed by atoms with E-state index in [2.05, 4.69) is 15.5 Å². The van der Waals surface area contributed by atoms with E-state index in [0.29, 0.717) is 82.7 Å². The summed E-state index contributed by atoms with van der Waals surface area (Å²) >= 11 is 0. The lowest BCUT2D eigenvalue weighted by molar-refractivity contribution is -0.265. The molecule has 0 spiro atoms. The summed E-state index contributed by atoms with van der Waals surface area (Å²) in [7, 11) is 4.53. The van der Waals surface area contributed by atoms with E-state index in [1.165, 1.54) is 12.0 Å². The fraction of sp³-hybridized carbons (Fsp3) is 0.678. The Hall–Kier alpha value is -5.11. The molecule has 18 heteroatoms. The number of pyridine rings is 1. The average Bonchev–Trinajstić information content (AvgIpc) is 3.43. The van der Waals surface area contributed by atoms with Gasteiger partial charge in [0.2, 0.25) is 5.79 Å². The van der Waals surface area contributed by atoms with Gasteiger partial charge in [-0.05, 0) is 119 Å². The van der Waals surface area contributed by atoms with Crippen molar-refractivity contribution in [2.75, 3.05) is 34.4 Å². The number of nitrogens with zero attached hydrogens (tertiary/aromatic N) is 3. The predicted molar refractivity (Wildman–Crippen MR) is 290 cm³/mol. The number of aromatic nitrogens is 1. The van der Waals surface area contributed by atoms with Crippen molar-refractivity contribution in [1.29, 1.82) is 0 Å². The van der Waals surface area contributed by atoms with Gasteiger partial charge in [-0.15, -0.1) is 0 Å². The van der Waals surface area contributed by atoms with E-state index in [0.717, 1.165) is 11.3 Å². The summed E-state index contributed by atoms with van der Waals surface area (Å²) in [6.07, 6.45) is 12.7. The number of fused-ring (bicyclic) bond motifs is 3. The van der Waals surface area contributed by atoms with E-state index >= 15 is 0 Å². The molecule has 18 nitrogen and oxygen atoms in total. The molecule has 0 aromatic carbocycles. The topological polar surface area (TPSA) is 242 Å². The maximum Gasteiger partial charge on any atom is 0.407 e. The first-order valence-corrected chi connectivity index (χ1v) is 27.8. The Bertz CT molecular complexity index is 2270. The molecule has 1 saturated carbocycles. The Morgan fingerprint density at radius 2 is 1.69 bits per heavy atom. The number of carbonyl (C=O) groups excluding carboxylic acids is 5. The normalized spacial score (nSPS) is 36.3. The van der Waals surface area contributed by atoms with E-state index < -0.39 is 96.1 Å². The van der Waals surface area contributed by atoms with Crippen LogP contribution in [-0.4, -0.2) is 150 Å². The van der Waals surface area contributed by atoms with Crippen molar-refractivity contribution in [1.82, 2.24) is 15.2 Å². The number of Topliss-reactive ketones (excluding diaryl/α,β-unsaturated/α-hetero) is 2. The van der Waals surface area contributed by atoms with Gasteiger partial charge in [0.25, 0.3) is 11.7 Å². The highest BCUT2D eigenvalue weighted by molar-refractivity contribution is 6.39. The van der Waals surface area contributed by atoms with Crippen LogP contribution in [0.4, 0.5) is 4.79 Å². The molecule has 1 aliphatic carbocycles. The second-order valence-corrected chi connectivity index (χ2v) is 22.1. The van der Waals surface area contributed by atoms with Crippen LogP contribution < -0.4 is 5.32 Å². The Morgan fingerprint density at radius 1 is 0.922 bits per heavy atom. The van der Waals surface area contributed by atoms with Gasteiger partial charge >= 0.3 is 12.1 Å². The summed E-state index contributed by atoms with van der Waals surface area (Å²) in [5.41, 5.74) is 2.35. The van der Waals surface area contributed by atoms with Gasteiger partial charge in [0, 0.05) is 83.3 Å². The van der Waals surface area contributed by atoms with Crippen LogP contribution in [0.5, 0.6) is 0 Å². The monoisotopic (exact) mass is 1080 g/mol. The summed E-state index contributed by atoms with van der Waals surface area (Å²) < 4.78 is 35.9. The highest BCUT2D eigenvalue weighted by atomic mass is 16.6. The number of carbonyl (C=O) groups is 5. The number of allylic oxidation sites excluding steroid dienone is 6. The Balaban J connectivity index is 1.43. The number of nitrogens with one attached hydrogen (secondary N) is 1. The number of oxime groups is 1. The van der Waals surface area contributed by atoms with Crippen LogP contribution in [-0.2, 0) is 54.0 Å². The van der Waals surface area contributed by atoms with Crippen molar-refractivity contribution < 1.29 is 67.8 Å². The molecule has 4 heterocycles. The van der Waals surface area contributed by atoms with Crippen LogP contribution >= 0.6 is 0 Å². The SMILES string of the molecule is CO[C@H]1C[C@@H]2CC[C@@H](C)[C@@](O)(O2)C(=O)C(=O)N2CCCC[C@H]2C(=O)O[C@H]([C@H](C)C[C@@H]2CC[C@@H](OC(=O)NCCc3ccccn3)[C@H](OC)C2)CC(=NO)[C@H](C)/C=C(\C)[C@@H](O)[C@@H](OC)C(=O)[C@H](C)C[C@H](C)\C=C/C=C/C=C/1C. The summed E-state index contributed by atoms with van der Waals surface area (Å²) in [5.74, 6) is -7.81. The lowest BCUT2D eigenvalue weighted by Crippen LogP contribution is -2.61. The zero-order chi connectivity index (χ0) is 56.4. The lowest BCUT2D eigenvalue weighted by Gasteiger charge is -2.42. The molecular formula is C59H88N4O14. The quantitative estimate of drug-likeness (QED) is 0.0574. The number of ether oxygens (including phenoxy) is 6. The second-order valence-electron chi connectivity index (χ2n) is 22.1. The minimum Gasteiger partial charge on any atom is -0.460 e. The van der Waals surface area contributed by atoms with Crippen molar-refractivity contribution >= 4 is 35.2 Å². The summed E-state index contributed by atoms with van der Waals surface area (Å²) in [5, 5.41) is 40.8. The smallest absolute Gasteiger partial charge is 0.407 e. The molecule has 0 radical (unpaired) electrons. The van der Waals surface area contributed by atoms with Crippen LogP contribution in [0.15, 0.2) is 77.2 Å². The molecular weight excluding hydrogens is 989 g/mol. The number of piperidine rings is 1. The van der Waals surface area contributed by atoms with Crippen LogP contribution in [0, 0.1) is 35.5 Å². The van der Waals surface area contributed by atoms with E-state index in [1.54, 1.807) is 47.3 Å². The fourth-order valence-corrected chi connectivity index (χ4v) is 11.4. The van der Waals surface area contributed by atoms with E-state index in [4.69, 9.17) is 28.4 Å². The number of methoxy groups -OCH3 is 3. The minimum atomic E-state index is -2.46. The van der Waals surface area contributed by atoms with Crippen LogP contribution in [0.1, 0.15) is 131 Å². The maximum absolute atomic E-state index is 14.7. The molecule has 77 heavy (non-hydrogen) atoms. The van der Waals surface area contributed by atoms with Gasteiger partial charge in [0.1, 0.15) is 30.5 Å². The van der Waals surface area contributed by atoms with E-state index in [-0.39, 0.29) is 48.6 Å². The maximum atomic E-state index is 14.7. The third kappa shape index (κ3) is 17.4. The van der Waals surface area contributed by atoms with Crippen molar-refractivity contribution in [2.24, 2.45) is 40.7 Å². The molecule has 15 atom stereocenters. The Labute approximate surface area is 456 Å². The number of rotatable bonds is 10. The molecule has 1 aromatic rings. The Morgan fingerprint density at radius 3 is 2.38 bits per heavy atom. The minimum absolute atomic E-state index is 0.00270. The van der Waals surface area contributed by atoms with Gasteiger partial charge < -0.3 is 54.1 Å². The van der Waals surface area contributed by atoms with E-state index in [1.807, 2.05) is 76.3 Å². The van der Waals surface area contributed by atoms with Gasteiger partial charge in [-0.3, -0.25) is 19.4 Å². The largest absolute Gasteiger partial charge is 0.460 e. The lowest BCUT2D eigenvalue weighted by atomic mass is 9.78. The number of amides is 2. The first-order valence-electron chi connectivity index (χ1n) is 27.8. The number of hydrogen-bond donors (Lipinski definition) is 4. The zero-order valence-corrected chi connectivity index (χ0v) is 47.1. The van der Waals surface area contributed by atoms with Crippen molar-refractivity contribution in [3.05, 3.63) is 77.7 Å². The number of hydrogen-bond acceptors (Lipinski definition) is 16. The summed E-state index contributed by atoms with van der Waals surface area (Å²) in [6.45, 7) is 13.2. The van der Waals surface area contributed by atoms with Crippen LogP contribution in [0.2, 0.25) is 0 Å². The molecule has 2 bridgehead atoms. The molecule has 2 saturated heterocycles. The summed E-state index contributed by atoms with van der Waals surface area (Å²) in [6, 6.07) is 4.43. The molecule has 3 fully saturated rings. The van der Waals surface area contributed by atoms with Crippen molar-refractivity contribution in [2.45, 2.75) is 186 Å². The second kappa shape index (κ2) is 30.3. The van der Waals surface area contributed by atoms with Gasteiger partial charge in [0.15, 0.2) is 5.78 Å². The molecule has 428 valence electrons. The molecule has 5 rings (SSSR count). The number of ketones is 2. The first-order chi connectivity index (χ1) is 36.7. The molecule has 0 unspecified atom stereocenters. The third-order valence-electron chi connectivity index (χ3n) is 16.2. The number of aliphatic hydroxyl groups is 2. The molecule has 1 aromatic heterocycles. The number of esters is 1. The third-order valence-corrected chi connectivity index (χ3v) is 16.2.